The second-order valence-electron chi connectivity index (χ2n) is 3.48. The Balaban J connectivity index is 2.04. The Morgan fingerprint density at radius 3 is 2.76 bits per heavy atom. The van der Waals surface area contributed by atoms with E-state index in [9.17, 15) is 8.42 Å². The molecule has 1 aromatic carbocycles. The second kappa shape index (κ2) is 4.91. The molecule has 1 unspecified atom stereocenters. The van der Waals surface area contributed by atoms with E-state index in [1.165, 1.54) is 0 Å². The van der Waals surface area contributed by atoms with Crippen molar-refractivity contribution < 1.29 is 17.9 Å². The largest absolute Gasteiger partial charge is 0.484 e. The number of hydrogen-bond donors (Lipinski definition) is 2. The van der Waals surface area contributed by atoms with Gasteiger partial charge in [-0.05, 0) is 12.1 Å². The zero-order valence-electron chi connectivity index (χ0n) is 9.34. The van der Waals surface area contributed by atoms with Crippen molar-refractivity contribution in [2.75, 3.05) is 13.2 Å². The van der Waals surface area contributed by atoms with E-state index >= 15 is 0 Å². The summed E-state index contributed by atoms with van der Waals surface area (Å²) in [7, 11) is -3.54. The van der Waals surface area contributed by atoms with Gasteiger partial charge in [0.15, 0.2) is 17.7 Å². The zero-order valence-corrected chi connectivity index (χ0v) is 10.2. The number of para-hydroxylation sites is 2. The summed E-state index contributed by atoms with van der Waals surface area (Å²) in [5.41, 5.74) is 0. The van der Waals surface area contributed by atoms with Crippen LogP contribution in [-0.4, -0.2) is 27.8 Å². The monoisotopic (exact) mass is 258 g/mol. The predicted octanol–water partition coefficient (Wildman–Crippen LogP) is 0.228. The molecule has 94 valence electrons. The van der Waals surface area contributed by atoms with Crippen LogP contribution in [0.25, 0.3) is 0 Å². The predicted molar refractivity (Wildman–Crippen MR) is 62.1 cm³/mol. The summed E-state index contributed by atoms with van der Waals surface area (Å²) < 4.78 is 38.4. The Kier molecular flexibility index (Phi) is 3.51. The Bertz CT molecular complexity index is 489. The third-order valence-corrected chi connectivity index (χ3v) is 3.37. The van der Waals surface area contributed by atoms with Gasteiger partial charge in [0, 0.05) is 6.54 Å². The molecule has 0 saturated heterocycles. The fourth-order valence-electron chi connectivity index (χ4n) is 1.48. The van der Waals surface area contributed by atoms with Crippen LogP contribution in [0.15, 0.2) is 24.3 Å². The van der Waals surface area contributed by atoms with Gasteiger partial charge in [-0.15, -0.1) is 0 Å². The van der Waals surface area contributed by atoms with Gasteiger partial charge < -0.3 is 9.47 Å². The maximum absolute atomic E-state index is 11.5. The summed E-state index contributed by atoms with van der Waals surface area (Å²) in [6.07, 6.45) is -0.714. The van der Waals surface area contributed by atoms with Gasteiger partial charge in [0.1, 0.15) is 6.61 Å². The molecular weight excluding hydrogens is 244 g/mol. The van der Waals surface area contributed by atoms with E-state index in [1.807, 2.05) is 6.07 Å². The van der Waals surface area contributed by atoms with Gasteiger partial charge in [0.05, 0.1) is 0 Å². The van der Waals surface area contributed by atoms with Crippen molar-refractivity contribution in [1.29, 1.82) is 0 Å². The van der Waals surface area contributed by atoms with Crippen molar-refractivity contribution in [2.45, 2.75) is 13.2 Å². The Labute approximate surface area is 100 Å². The molecule has 1 aliphatic heterocycles. The number of benzene rings is 1. The molecule has 1 aliphatic rings. The molecule has 1 atom stereocenters. The van der Waals surface area contributed by atoms with Gasteiger partial charge in [0.2, 0.25) is 0 Å². The van der Waals surface area contributed by atoms with Crippen LogP contribution in [0.4, 0.5) is 0 Å². The normalized spacial score (nSPS) is 19.0. The van der Waals surface area contributed by atoms with Crippen LogP contribution in [0.5, 0.6) is 11.5 Å². The molecule has 0 bridgehead atoms. The molecule has 1 heterocycles. The van der Waals surface area contributed by atoms with Crippen LogP contribution in [-0.2, 0) is 10.2 Å². The maximum atomic E-state index is 11.5. The van der Waals surface area contributed by atoms with Gasteiger partial charge in [-0.3, -0.25) is 0 Å². The minimum Gasteiger partial charge on any atom is -0.484 e. The van der Waals surface area contributed by atoms with Crippen molar-refractivity contribution in [1.82, 2.24) is 9.44 Å². The van der Waals surface area contributed by atoms with Gasteiger partial charge in [0.25, 0.3) is 10.2 Å². The quantitative estimate of drug-likeness (QED) is 0.810. The Morgan fingerprint density at radius 2 is 2.06 bits per heavy atom. The fraction of sp³-hybridized carbons (Fsp3) is 0.400. The molecule has 6 nitrogen and oxygen atoms in total. The molecule has 0 saturated carbocycles. The first kappa shape index (κ1) is 12.2. The third-order valence-electron chi connectivity index (χ3n) is 2.13. The van der Waals surface area contributed by atoms with Crippen molar-refractivity contribution in [3.8, 4) is 11.5 Å². The second-order valence-corrected chi connectivity index (χ2v) is 5.01. The third kappa shape index (κ3) is 3.09. The highest BCUT2D eigenvalue weighted by Gasteiger charge is 2.24. The summed E-state index contributed by atoms with van der Waals surface area (Å²) >= 11 is 0. The van der Waals surface area contributed by atoms with Crippen LogP contribution < -0.4 is 18.9 Å². The smallest absolute Gasteiger partial charge is 0.280 e. The average molecular weight is 258 g/mol. The van der Waals surface area contributed by atoms with Crippen molar-refractivity contribution in [3.63, 3.8) is 0 Å². The summed E-state index contributed by atoms with van der Waals surface area (Å²) in [6, 6.07) is 7.11. The molecule has 0 amide bonds. The highest BCUT2D eigenvalue weighted by Crippen LogP contribution is 2.30. The molecule has 1 aromatic rings. The number of hydrogen-bond acceptors (Lipinski definition) is 4. The van der Waals surface area contributed by atoms with Gasteiger partial charge in [-0.25, -0.2) is 4.72 Å². The molecule has 2 N–H and O–H groups in total. The summed E-state index contributed by atoms with van der Waals surface area (Å²) in [6.45, 7) is 2.16. The number of nitrogens with one attached hydrogen (secondary N) is 2. The summed E-state index contributed by atoms with van der Waals surface area (Å²) in [5.74, 6) is 1.15. The van der Waals surface area contributed by atoms with E-state index in [0.717, 1.165) is 0 Å². The standard InChI is InChI=1S/C10H14N2O4S/c1-2-11-17(13,14)12-10-7-15-8-5-3-4-6-9(8)16-10/h3-6,10-12H,2,7H2,1H3. The van der Waals surface area contributed by atoms with Crippen molar-refractivity contribution in [2.24, 2.45) is 0 Å². The van der Waals surface area contributed by atoms with Gasteiger partial charge in [-0.1, -0.05) is 19.1 Å². The van der Waals surface area contributed by atoms with E-state index in [0.29, 0.717) is 18.0 Å². The van der Waals surface area contributed by atoms with Crippen LogP contribution in [0.3, 0.4) is 0 Å². The topological polar surface area (TPSA) is 76.7 Å². The van der Waals surface area contributed by atoms with E-state index in [-0.39, 0.29) is 6.61 Å². The lowest BCUT2D eigenvalue weighted by molar-refractivity contribution is 0.0832. The first-order valence-corrected chi connectivity index (χ1v) is 6.74. The highest BCUT2D eigenvalue weighted by atomic mass is 32.2. The van der Waals surface area contributed by atoms with Crippen LogP contribution in [0, 0.1) is 0 Å². The van der Waals surface area contributed by atoms with Crippen LogP contribution in [0.2, 0.25) is 0 Å². The first-order valence-electron chi connectivity index (χ1n) is 5.26. The molecule has 7 heteroatoms. The first-order chi connectivity index (χ1) is 8.11. The molecule has 0 aromatic heterocycles. The molecule has 17 heavy (non-hydrogen) atoms. The zero-order chi connectivity index (χ0) is 12.3. The number of ether oxygens (including phenoxy) is 2. The van der Waals surface area contributed by atoms with Crippen molar-refractivity contribution >= 4 is 10.2 Å². The lowest BCUT2D eigenvalue weighted by Crippen LogP contribution is -2.49. The minimum atomic E-state index is -3.54. The molecule has 0 spiro atoms. The molecule has 0 aliphatic carbocycles. The van der Waals surface area contributed by atoms with E-state index in [4.69, 9.17) is 9.47 Å². The molecule has 0 fully saturated rings. The number of fused-ring (bicyclic) bond motifs is 1. The Hall–Kier alpha value is -1.31. The SMILES string of the molecule is CCNS(=O)(=O)NC1COc2ccccc2O1. The number of rotatable bonds is 4. The lowest BCUT2D eigenvalue weighted by atomic mass is 10.3. The van der Waals surface area contributed by atoms with Crippen molar-refractivity contribution in [3.05, 3.63) is 24.3 Å². The Morgan fingerprint density at radius 1 is 1.35 bits per heavy atom. The van der Waals surface area contributed by atoms with E-state index in [2.05, 4.69) is 9.44 Å². The van der Waals surface area contributed by atoms with Crippen LogP contribution >= 0.6 is 0 Å². The molecular formula is C10H14N2O4S. The summed E-state index contributed by atoms with van der Waals surface area (Å²) in [4.78, 5) is 0. The summed E-state index contributed by atoms with van der Waals surface area (Å²) in [5, 5.41) is 0. The van der Waals surface area contributed by atoms with Crippen LogP contribution in [0.1, 0.15) is 6.92 Å². The lowest BCUT2D eigenvalue weighted by Gasteiger charge is -2.26. The fourth-order valence-corrected chi connectivity index (χ4v) is 2.41. The highest BCUT2D eigenvalue weighted by molar-refractivity contribution is 7.87. The van der Waals surface area contributed by atoms with E-state index in [1.54, 1.807) is 25.1 Å². The molecule has 0 radical (unpaired) electrons. The van der Waals surface area contributed by atoms with Gasteiger partial charge >= 0.3 is 0 Å². The molecule has 2 rings (SSSR count). The minimum absolute atomic E-state index is 0.141. The maximum Gasteiger partial charge on any atom is 0.280 e. The average Bonchev–Trinajstić information content (AvgIpc) is 2.28. The van der Waals surface area contributed by atoms with E-state index < -0.39 is 16.4 Å². The van der Waals surface area contributed by atoms with Gasteiger partial charge in [-0.2, -0.15) is 13.1 Å².